The normalized spacial score (nSPS) is 10.8. The molecule has 3 rings (SSSR count). The van der Waals surface area contributed by atoms with Crippen molar-refractivity contribution < 1.29 is 14.6 Å². The Morgan fingerprint density at radius 3 is 2.55 bits per heavy atom. The van der Waals surface area contributed by atoms with E-state index in [9.17, 15) is 9.90 Å². The fourth-order valence-electron chi connectivity index (χ4n) is 2.99. The number of aromatic hydroxyl groups is 1. The average molecular weight is 432 g/mol. The third kappa shape index (κ3) is 4.70. The molecule has 0 unspecified atom stereocenters. The number of halogens is 1. The van der Waals surface area contributed by atoms with Crippen molar-refractivity contribution in [3.8, 4) is 22.1 Å². The van der Waals surface area contributed by atoms with Crippen LogP contribution in [0.4, 0.5) is 0 Å². The fraction of sp³-hybridized carbons (Fsp3) is 0.238. The molecule has 1 aromatic heterocycles. The number of aromatic nitrogens is 1. The first-order valence-electron chi connectivity index (χ1n) is 8.93. The number of nitrogens with zero attached hydrogens (tertiary/aromatic N) is 1. The van der Waals surface area contributed by atoms with Crippen LogP contribution in [0.5, 0.6) is 11.5 Å². The molecular weight excluding hydrogens is 410 g/mol. The Labute approximate surface area is 178 Å². The van der Waals surface area contributed by atoms with Crippen LogP contribution in [-0.4, -0.2) is 23.1 Å². The largest absolute Gasteiger partial charge is 0.507 e. The molecule has 0 aliphatic heterocycles. The number of aryl methyl sites for hydroxylation is 3. The van der Waals surface area contributed by atoms with Gasteiger partial charge in [-0.05, 0) is 55.7 Å². The molecule has 0 bridgehead atoms. The molecule has 152 valence electrons. The number of methoxy groups -OCH3 is 1. The number of phenols is 1. The fourth-order valence-corrected chi connectivity index (χ4v) is 4.15. The van der Waals surface area contributed by atoms with Crippen LogP contribution >= 0.6 is 22.9 Å². The van der Waals surface area contributed by atoms with Gasteiger partial charge in [0.15, 0.2) is 0 Å². The lowest BCUT2D eigenvalue weighted by Gasteiger charge is -2.10. The van der Waals surface area contributed by atoms with Gasteiger partial charge in [0.1, 0.15) is 21.4 Å². The summed E-state index contributed by atoms with van der Waals surface area (Å²) in [7, 11) is 1.57. The zero-order valence-electron chi connectivity index (χ0n) is 16.6. The van der Waals surface area contributed by atoms with Crippen LogP contribution in [0.25, 0.3) is 10.6 Å². The van der Waals surface area contributed by atoms with Gasteiger partial charge in [-0.1, -0.05) is 23.7 Å². The minimum Gasteiger partial charge on any atom is -0.507 e. The molecule has 0 aliphatic rings. The van der Waals surface area contributed by atoms with Crippen LogP contribution in [0.1, 0.15) is 32.1 Å². The second-order valence-corrected chi connectivity index (χ2v) is 8.10. The standard InChI is InChI=1S/C21H22ClN3O3S/c1-11-7-14(8-12(2)18(11)26)10-23-25-20(27)19-13(3)24-21(29-19)16-6-5-15(22)9-17(16)28-4/h5-9,23,26H,10H2,1-4H3,(H,25,27). The maximum atomic E-state index is 12.6. The van der Waals surface area contributed by atoms with Crippen molar-refractivity contribution in [2.45, 2.75) is 27.3 Å². The number of amides is 1. The first-order chi connectivity index (χ1) is 13.8. The van der Waals surface area contributed by atoms with Crippen molar-refractivity contribution >= 4 is 28.8 Å². The van der Waals surface area contributed by atoms with Crippen molar-refractivity contribution in [2.75, 3.05) is 7.11 Å². The minimum atomic E-state index is -0.258. The van der Waals surface area contributed by atoms with Crippen molar-refractivity contribution in [3.63, 3.8) is 0 Å². The third-order valence-electron chi connectivity index (χ3n) is 4.44. The molecule has 3 N–H and O–H groups in total. The van der Waals surface area contributed by atoms with Crippen LogP contribution in [0.15, 0.2) is 30.3 Å². The van der Waals surface area contributed by atoms with E-state index in [0.717, 1.165) is 22.3 Å². The molecule has 1 heterocycles. The summed E-state index contributed by atoms with van der Waals surface area (Å²) >= 11 is 7.31. The maximum absolute atomic E-state index is 12.6. The molecule has 0 saturated heterocycles. The molecule has 0 saturated carbocycles. The Balaban J connectivity index is 1.71. The van der Waals surface area contributed by atoms with E-state index in [0.29, 0.717) is 38.6 Å². The van der Waals surface area contributed by atoms with Gasteiger partial charge in [-0.2, -0.15) is 0 Å². The molecule has 6 nitrogen and oxygen atoms in total. The molecule has 2 aromatic carbocycles. The Hall–Kier alpha value is -2.61. The van der Waals surface area contributed by atoms with Crippen molar-refractivity contribution in [1.82, 2.24) is 15.8 Å². The second-order valence-electron chi connectivity index (χ2n) is 6.66. The molecule has 0 aliphatic carbocycles. The number of carbonyl (C=O) groups excluding carboxylic acids is 1. The summed E-state index contributed by atoms with van der Waals surface area (Å²) in [5.74, 6) is 0.643. The van der Waals surface area contributed by atoms with E-state index in [1.807, 2.05) is 32.0 Å². The number of rotatable bonds is 6. The average Bonchev–Trinajstić information content (AvgIpc) is 3.07. The first-order valence-corrected chi connectivity index (χ1v) is 10.1. The van der Waals surface area contributed by atoms with Crippen molar-refractivity contribution in [3.05, 3.63) is 62.6 Å². The SMILES string of the molecule is COc1cc(Cl)ccc1-c1nc(C)c(C(=O)NNCc2cc(C)c(O)c(C)c2)s1. The highest BCUT2D eigenvalue weighted by Crippen LogP contribution is 2.36. The van der Waals surface area contributed by atoms with E-state index >= 15 is 0 Å². The number of phenolic OH excluding ortho intramolecular Hbond substituents is 1. The van der Waals surface area contributed by atoms with Crippen LogP contribution in [0, 0.1) is 20.8 Å². The molecular formula is C21H22ClN3O3S. The molecule has 0 atom stereocenters. The van der Waals surface area contributed by atoms with Gasteiger partial charge in [-0.25, -0.2) is 10.4 Å². The van der Waals surface area contributed by atoms with Gasteiger partial charge >= 0.3 is 0 Å². The number of benzene rings is 2. The van der Waals surface area contributed by atoms with Gasteiger partial charge in [-0.15, -0.1) is 11.3 Å². The lowest BCUT2D eigenvalue weighted by atomic mass is 10.1. The highest BCUT2D eigenvalue weighted by atomic mass is 35.5. The molecule has 3 aromatic rings. The Morgan fingerprint density at radius 2 is 1.90 bits per heavy atom. The van der Waals surface area contributed by atoms with E-state index in [1.54, 1.807) is 26.2 Å². The van der Waals surface area contributed by atoms with E-state index in [4.69, 9.17) is 16.3 Å². The second kappa shape index (κ2) is 8.82. The summed E-state index contributed by atoms with van der Waals surface area (Å²) in [4.78, 5) is 17.6. The van der Waals surface area contributed by atoms with E-state index < -0.39 is 0 Å². The summed E-state index contributed by atoms with van der Waals surface area (Å²) in [5, 5.41) is 11.1. The minimum absolute atomic E-state index is 0.258. The van der Waals surface area contributed by atoms with Crippen LogP contribution < -0.4 is 15.6 Å². The van der Waals surface area contributed by atoms with E-state index in [1.165, 1.54) is 11.3 Å². The van der Waals surface area contributed by atoms with Gasteiger partial charge in [0.25, 0.3) is 5.91 Å². The predicted molar refractivity (Wildman–Crippen MR) is 116 cm³/mol. The number of hydrogen-bond donors (Lipinski definition) is 3. The topological polar surface area (TPSA) is 83.5 Å². The summed E-state index contributed by atoms with van der Waals surface area (Å²) in [5.41, 5.74) is 9.63. The number of hydrazine groups is 1. The molecule has 29 heavy (non-hydrogen) atoms. The van der Waals surface area contributed by atoms with Crippen LogP contribution in [-0.2, 0) is 6.54 Å². The lowest BCUT2D eigenvalue weighted by molar-refractivity contribution is 0.0935. The summed E-state index contributed by atoms with van der Waals surface area (Å²) in [6.45, 7) is 5.92. The van der Waals surface area contributed by atoms with Gasteiger partial charge in [0.05, 0.1) is 18.4 Å². The smallest absolute Gasteiger partial charge is 0.277 e. The van der Waals surface area contributed by atoms with Gasteiger partial charge in [0.2, 0.25) is 0 Å². The molecule has 8 heteroatoms. The first kappa shape index (κ1) is 21.1. The van der Waals surface area contributed by atoms with Crippen LogP contribution in [0.2, 0.25) is 5.02 Å². The predicted octanol–water partition coefficient (Wildman–Crippen LogP) is 4.54. The molecule has 1 amide bonds. The molecule has 0 spiro atoms. The van der Waals surface area contributed by atoms with E-state index in [-0.39, 0.29) is 5.91 Å². The third-order valence-corrected chi connectivity index (χ3v) is 5.87. The van der Waals surface area contributed by atoms with Crippen LogP contribution in [0.3, 0.4) is 0 Å². The number of hydrogen-bond acceptors (Lipinski definition) is 6. The highest BCUT2D eigenvalue weighted by Gasteiger charge is 2.18. The summed E-state index contributed by atoms with van der Waals surface area (Å²) in [6, 6.07) is 9.07. The zero-order chi connectivity index (χ0) is 21.1. The Kier molecular flexibility index (Phi) is 6.42. The van der Waals surface area contributed by atoms with Crippen molar-refractivity contribution in [1.29, 1.82) is 0 Å². The lowest BCUT2D eigenvalue weighted by Crippen LogP contribution is -2.36. The molecule has 0 fully saturated rings. The number of carbonyl (C=O) groups is 1. The summed E-state index contributed by atoms with van der Waals surface area (Å²) < 4.78 is 5.38. The number of ether oxygens (including phenoxy) is 1. The Morgan fingerprint density at radius 1 is 1.21 bits per heavy atom. The quantitative estimate of drug-likeness (QED) is 0.499. The van der Waals surface area contributed by atoms with Gasteiger partial charge in [0, 0.05) is 11.6 Å². The maximum Gasteiger partial charge on any atom is 0.277 e. The van der Waals surface area contributed by atoms with Gasteiger partial charge < -0.3 is 9.84 Å². The Bertz CT molecular complexity index is 1040. The van der Waals surface area contributed by atoms with Crippen molar-refractivity contribution in [2.24, 2.45) is 0 Å². The monoisotopic (exact) mass is 431 g/mol. The molecule has 0 radical (unpaired) electrons. The number of thiazole rings is 1. The van der Waals surface area contributed by atoms with E-state index in [2.05, 4.69) is 15.8 Å². The highest BCUT2D eigenvalue weighted by molar-refractivity contribution is 7.17. The zero-order valence-corrected chi connectivity index (χ0v) is 18.2. The number of nitrogens with one attached hydrogen (secondary N) is 2. The van der Waals surface area contributed by atoms with Gasteiger partial charge in [-0.3, -0.25) is 10.2 Å². The summed E-state index contributed by atoms with van der Waals surface area (Å²) in [6.07, 6.45) is 0.